The molecule has 1 fully saturated rings. The van der Waals surface area contributed by atoms with E-state index in [1.54, 1.807) is 12.1 Å². The Labute approximate surface area is 245 Å². The van der Waals surface area contributed by atoms with Gasteiger partial charge in [-0.05, 0) is 43.6 Å². The van der Waals surface area contributed by atoms with E-state index in [0.29, 0.717) is 18.4 Å². The molecular weight excluding hydrogens is 576 g/mol. The molecule has 0 radical (unpaired) electrons. The van der Waals surface area contributed by atoms with Gasteiger partial charge in [0.2, 0.25) is 11.8 Å². The first kappa shape index (κ1) is 30.5. The summed E-state index contributed by atoms with van der Waals surface area (Å²) in [7, 11) is 4.06. The second-order valence-electron chi connectivity index (χ2n) is 10.3. The summed E-state index contributed by atoms with van der Waals surface area (Å²) < 4.78 is 68.6. The molecule has 1 amide bonds. The molecule has 232 valence electrons. The lowest BCUT2D eigenvalue weighted by Gasteiger charge is -2.30. The Balaban J connectivity index is 1.45. The minimum absolute atomic E-state index is 0.0262. The van der Waals surface area contributed by atoms with Gasteiger partial charge in [-0.2, -0.15) is 23.2 Å². The maximum Gasteiger partial charge on any atom is 0.419 e. The molecular formula is C28H32F4N6O5. The van der Waals surface area contributed by atoms with Crippen LogP contribution in [0.3, 0.4) is 0 Å². The molecule has 0 aromatic heterocycles. The Bertz CT molecular complexity index is 1440. The number of aliphatic imine (C=N–C) groups is 1. The number of aliphatic hydroxyl groups is 1. The first-order valence-corrected chi connectivity index (χ1v) is 13.5. The van der Waals surface area contributed by atoms with E-state index in [0.717, 1.165) is 19.2 Å². The predicted octanol–water partition coefficient (Wildman–Crippen LogP) is 3.25. The van der Waals surface area contributed by atoms with Gasteiger partial charge in [-0.1, -0.05) is 12.1 Å². The van der Waals surface area contributed by atoms with Crippen molar-refractivity contribution in [2.45, 2.75) is 37.8 Å². The molecule has 4 N–H and O–H groups in total. The van der Waals surface area contributed by atoms with Gasteiger partial charge in [-0.25, -0.2) is 4.39 Å². The van der Waals surface area contributed by atoms with Gasteiger partial charge < -0.3 is 35.4 Å². The number of guanidine groups is 1. The highest BCUT2D eigenvalue weighted by molar-refractivity contribution is 5.99. The van der Waals surface area contributed by atoms with Crippen LogP contribution in [0, 0.1) is 5.82 Å². The number of amides is 1. The van der Waals surface area contributed by atoms with Crippen molar-refractivity contribution in [3.8, 4) is 11.5 Å². The summed E-state index contributed by atoms with van der Waals surface area (Å²) in [5.74, 6) is -2.25. The molecule has 2 aromatic carbocycles. The number of piperidine rings is 1. The van der Waals surface area contributed by atoms with Crippen LogP contribution in [0.25, 0.3) is 0 Å². The molecule has 15 heteroatoms. The average Bonchev–Trinajstić information content (AvgIpc) is 3.30. The SMILES string of the molecule is COc1cc(C(=O)NC2CCNCC2)c(F)cc1NC1=NC(Oc2cccc3c2C(O)N(OC)C3)=C(C(F)(F)F)CN1C. The molecule has 0 aliphatic carbocycles. The van der Waals surface area contributed by atoms with Gasteiger partial charge in [0, 0.05) is 24.7 Å². The Kier molecular flexibility index (Phi) is 8.78. The Morgan fingerprint density at radius 1 is 1.14 bits per heavy atom. The third-order valence-corrected chi connectivity index (χ3v) is 7.47. The number of halogens is 4. The second-order valence-corrected chi connectivity index (χ2v) is 10.3. The predicted molar refractivity (Wildman–Crippen MR) is 148 cm³/mol. The average molecular weight is 609 g/mol. The van der Waals surface area contributed by atoms with Crippen LogP contribution in [0.15, 0.2) is 46.8 Å². The lowest BCUT2D eigenvalue weighted by molar-refractivity contribution is -0.219. The highest BCUT2D eigenvalue weighted by atomic mass is 19.4. The molecule has 11 nitrogen and oxygen atoms in total. The van der Waals surface area contributed by atoms with Gasteiger partial charge in [-0.15, -0.1) is 0 Å². The Morgan fingerprint density at radius 3 is 2.56 bits per heavy atom. The fourth-order valence-corrected chi connectivity index (χ4v) is 5.17. The number of nitrogens with one attached hydrogen (secondary N) is 3. The summed E-state index contributed by atoms with van der Waals surface area (Å²) in [4.78, 5) is 23.2. The second kappa shape index (κ2) is 12.4. The van der Waals surface area contributed by atoms with Crippen LogP contribution in [0.1, 0.15) is 40.6 Å². The first-order valence-electron chi connectivity index (χ1n) is 13.5. The summed E-state index contributed by atoms with van der Waals surface area (Å²) in [5.41, 5.74) is -0.391. The summed E-state index contributed by atoms with van der Waals surface area (Å²) in [6, 6.07) is 6.86. The van der Waals surface area contributed by atoms with E-state index >= 15 is 4.39 Å². The summed E-state index contributed by atoms with van der Waals surface area (Å²) in [6.07, 6.45) is -4.63. The number of carbonyl (C=O) groups is 1. The molecule has 0 bridgehead atoms. The molecule has 0 spiro atoms. The number of fused-ring (bicyclic) bond motifs is 1. The van der Waals surface area contributed by atoms with Gasteiger partial charge in [0.1, 0.15) is 22.9 Å². The first-order chi connectivity index (χ1) is 20.5. The van der Waals surface area contributed by atoms with E-state index in [9.17, 15) is 23.1 Å². The van der Waals surface area contributed by atoms with Crippen LogP contribution in [0.2, 0.25) is 0 Å². The number of rotatable bonds is 7. The van der Waals surface area contributed by atoms with Crippen molar-refractivity contribution in [2.75, 3.05) is 46.2 Å². The number of anilines is 1. The lowest BCUT2D eigenvalue weighted by Crippen LogP contribution is -2.43. The largest absolute Gasteiger partial charge is 0.495 e. The van der Waals surface area contributed by atoms with Crippen LogP contribution in [-0.2, 0) is 11.4 Å². The summed E-state index contributed by atoms with van der Waals surface area (Å²) in [5, 5.41) is 20.7. The molecule has 1 unspecified atom stereocenters. The molecule has 43 heavy (non-hydrogen) atoms. The monoisotopic (exact) mass is 608 g/mol. The van der Waals surface area contributed by atoms with Crippen molar-refractivity contribution < 1.29 is 41.8 Å². The van der Waals surface area contributed by atoms with Gasteiger partial charge >= 0.3 is 6.18 Å². The van der Waals surface area contributed by atoms with Gasteiger partial charge in [0.15, 0.2) is 6.23 Å². The van der Waals surface area contributed by atoms with Crippen molar-refractivity contribution >= 4 is 17.6 Å². The number of hydrogen-bond donors (Lipinski definition) is 4. The number of likely N-dealkylation sites (N-methyl/N-ethyl adjacent to an activating group) is 1. The van der Waals surface area contributed by atoms with E-state index in [-0.39, 0.29) is 46.9 Å². The number of benzene rings is 2. The van der Waals surface area contributed by atoms with Crippen molar-refractivity contribution in [3.63, 3.8) is 0 Å². The normalized spacial score (nSPS) is 19.7. The fourth-order valence-electron chi connectivity index (χ4n) is 5.17. The quantitative estimate of drug-likeness (QED) is 0.351. The number of hydrogen-bond acceptors (Lipinski definition) is 10. The fraction of sp³-hybridized carbons (Fsp3) is 0.429. The number of aliphatic hydroxyl groups excluding tert-OH is 1. The van der Waals surface area contributed by atoms with E-state index in [2.05, 4.69) is 20.9 Å². The maximum atomic E-state index is 15.2. The number of nitrogens with zero attached hydrogens (tertiary/aromatic N) is 3. The molecule has 5 rings (SSSR count). The van der Waals surface area contributed by atoms with E-state index < -0.39 is 42.1 Å². The molecule has 1 saturated heterocycles. The Morgan fingerprint density at radius 2 is 1.88 bits per heavy atom. The van der Waals surface area contributed by atoms with E-state index in [4.69, 9.17) is 14.3 Å². The van der Waals surface area contributed by atoms with Crippen molar-refractivity contribution in [2.24, 2.45) is 4.99 Å². The maximum absolute atomic E-state index is 15.2. The molecule has 2 aromatic rings. The Hall–Kier alpha value is -3.92. The smallest absolute Gasteiger partial charge is 0.419 e. The molecule has 3 aliphatic rings. The molecule has 1 atom stereocenters. The highest BCUT2D eigenvalue weighted by Gasteiger charge is 2.42. The summed E-state index contributed by atoms with van der Waals surface area (Å²) >= 11 is 0. The standard InChI is InChI=1S/C28H32F4N6O5/c1-37-14-18(28(30,31)32)25(43-21-6-4-5-15-13-38(42-3)26(40)23(15)21)36-27(37)35-20-12-19(29)17(11-22(20)41-2)24(39)34-16-7-9-33-10-8-16/h4-6,11-12,16,26,33,40H,7-10,13-14H2,1-3H3,(H,34,39)(H,35,36). The lowest BCUT2D eigenvalue weighted by atomic mass is 10.1. The van der Waals surface area contributed by atoms with E-state index in [1.165, 1.54) is 43.4 Å². The van der Waals surface area contributed by atoms with Crippen LogP contribution >= 0.6 is 0 Å². The topological polar surface area (TPSA) is 120 Å². The van der Waals surface area contributed by atoms with Crippen molar-refractivity contribution in [1.29, 1.82) is 0 Å². The number of methoxy groups -OCH3 is 1. The number of hydroxylamine groups is 2. The molecule has 0 saturated carbocycles. The van der Waals surface area contributed by atoms with Gasteiger partial charge in [0.25, 0.3) is 5.91 Å². The minimum Gasteiger partial charge on any atom is -0.495 e. The minimum atomic E-state index is -4.79. The highest BCUT2D eigenvalue weighted by Crippen LogP contribution is 2.41. The van der Waals surface area contributed by atoms with Crippen molar-refractivity contribution in [1.82, 2.24) is 20.6 Å². The number of ether oxygens (including phenoxy) is 2. The third kappa shape index (κ3) is 6.39. The van der Waals surface area contributed by atoms with Crippen LogP contribution in [0.5, 0.6) is 11.5 Å². The van der Waals surface area contributed by atoms with Crippen LogP contribution < -0.4 is 25.4 Å². The van der Waals surface area contributed by atoms with Crippen molar-refractivity contribution in [3.05, 3.63) is 64.3 Å². The van der Waals surface area contributed by atoms with Gasteiger partial charge in [0.05, 0.1) is 38.6 Å². The zero-order valence-corrected chi connectivity index (χ0v) is 23.7. The zero-order chi connectivity index (χ0) is 30.9. The summed E-state index contributed by atoms with van der Waals surface area (Å²) in [6.45, 7) is 1.04. The van der Waals surface area contributed by atoms with Crippen LogP contribution in [-0.4, -0.2) is 80.1 Å². The van der Waals surface area contributed by atoms with E-state index in [1.807, 2.05) is 0 Å². The third-order valence-electron chi connectivity index (χ3n) is 7.47. The number of carbonyl (C=O) groups excluding carboxylic acids is 1. The number of alkyl halides is 3. The zero-order valence-electron chi connectivity index (χ0n) is 23.7. The molecule has 3 heterocycles. The molecule has 3 aliphatic heterocycles. The van der Waals surface area contributed by atoms with Crippen LogP contribution in [0.4, 0.5) is 23.2 Å². The van der Waals surface area contributed by atoms with Gasteiger partial charge in [-0.3, -0.25) is 9.63 Å².